The number of rotatable bonds is 6. The van der Waals surface area contributed by atoms with Crippen molar-refractivity contribution < 1.29 is 19.4 Å². The quantitative estimate of drug-likeness (QED) is 0.791. The van der Waals surface area contributed by atoms with Crippen molar-refractivity contribution in [3.05, 3.63) is 35.4 Å². The first-order valence-electron chi connectivity index (χ1n) is 8.16. The summed E-state index contributed by atoms with van der Waals surface area (Å²) in [5.74, 6) is -1.24. The minimum Gasteiger partial charge on any atom is -0.481 e. The van der Waals surface area contributed by atoms with Gasteiger partial charge in [-0.15, -0.1) is 0 Å². The first-order chi connectivity index (χ1) is 11.0. The van der Waals surface area contributed by atoms with Crippen LogP contribution in [0.15, 0.2) is 24.3 Å². The van der Waals surface area contributed by atoms with Crippen molar-refractivity contribution in [3.8, 4) is 0 Å². The van der Waals surface area contributed by atoms with Gasteiger partial charge in [0.25, 0.3) is 0 Å². The molecule has 0 radical (unpaired) electrons. The molecule has 1 atom stereocenters. The van der Waals surface area contributed by atoms with Crippen molar-refractivity contribution in [2.24, 2.45) is 5.92 Å². The number of hydrogen-bond donors (Lipinski definition) is 2. The second-order valence-electron chi connectivity index (χ2n) is 6.30. The number of carbonyl (C=O) groups is 2. The van der Waals surface area contributed by atoms with Crippen LogP contribution < -0.4 is 5.32 Å². The molecule has 0 aliphatic heterocycles. The van der Waals surface area contributed by atoms with E-state index in [0.29, 0.717) is 12.8 Å². The Morgan fingerprint density at radius 1 is 1.30 bits per heavy atom. The molecule has 0 aromatic heterocycles. The van der Waals surface area contributed by atoms with Gasteiger partial charge in [0.05, 0.1) is 17.9 Å². The highest BCUT2D eigenvalue weighted by molar-refractivity contribution is 5.83. The molecule has 126 valence electrons. The predicted octanol–water partition coefficient (Wildman–Crippen LogP) is 2.83. The molecule has 1 aliphatic rings. The van der Waals surface area contributed by atoms with Gasteiger partial charge in [0, 0.05) is 0 Å². The zero-order valence-electron chi connectivity index (χ0n) is 13.7. The molecule has 5 heteroatoms. The first kappa shape index (κ1) is 17.5. The van der Waals surface area contributed by atoms with Crippen LogP contribution in [0.1, 0.15) is 49.7 Å². The highest BCUT2D eigenvalue weighted by Gasteiger charge is 2.26. The predicted molar refractivity (Wildman–Crippen MR) is 87.1 cm³/mol. The molecular weight excluding hydrogens is 294 g/mol. The molecule has 1 aromatic rings. The van der Waals surface area contributed by atoms with Gasteiger partial charge in [0.1, 0.15) is 6.73 Å². The van der Waals surface area contributed by atoms with Crippen LogP contribution in [0.3, 0.4) is 0 Å². The maximum atomic E-state index is 12.2. The number of ether oxygens (including phenoxy) is 1. The lowest BCUT2D eigenvalue weighted by Gasteiger charge is -2.26. The molecule has 1 aliphatic carbocycles. The topological polar surface area (TPSA) is 75.6 Å². The highest BCUT2D eigenvalue weighted by atomic mass is 16.5. The van der Waals surface area contributed by atoms with E-state index >= 15 is 0 Å². The van der Waals surface area contributed by atoms with E-state index in [1.165, 1.54) is 0 Å². The fourth-order valence-corrected chi connectivity index (χ4v) is 2.95. The lowest BCUT2D eigenvalue weighted by atomic mass is 9.87. The van der Waals surface area contributed by atoms with Gasteiger partial charge in [-0.2, -0.15) is 0 Å². The normalized spacial score (nSPS) is 22.3. The molecule has 2 rings (SSSR count). The lowest BCUT2D eigenvalue weighted by Crippen LogP contribution is -2.34. The number of benzene rings is 1. The molecule has 1 aromatic carbocycles. The summed E-state index contributed by atoms with van der Waals surface area (Å²) in [6.07, 6.45) is 2.81. The Morgan fingerprint density at radius 3 is 2.61 bits per heavy atom. The third-order valence-electron chi connectivity index (χ3n) is 4.52. The van der Waals surface area contributed by atoms with Crippen LogP contribution in [0.5, 0.6) is 0 Å². The van der Waals surface area contributed by atoms with Crippen molar-refractivity contribution in [1.82, 2.24) is 5.32 Å². The monoisotopic (exact) mass is 319 g/mol. The molecule has 1 unspecified atom stereocenters. The SMILES string of the molecule is Cc1cccc(C(C)C(=O)NCOC2CCC(C(=O)O)CC2)c1. The second kappa shape index (κ2) is 8.11. The van der Waals surface area contributed by atoms with E-state index in [0.717, 1.165) is 24.0 Å². The van der Waals surface area contributed by atoms with Gasteiger partial charge in [0.15, 0.2) is 0 Å². The Morgan fingerprint density at radius 2 is 2.00 bits per heavy atom. The molecule has 5 nitrogen and oxygen atoms in total. The molecule has 0 heterocycles. The minimum absolute atomic E-state index is 0.0418. The summed E-state index contributed by atoms with van der Waals surface area (Å²) >= 11 is 0. The zero-order valence-corrected chi connectivity index (χ0v) is 13.7. The summed E-state index contributed by atoms with van der Waals surface area (Å²) < 4.78 is 5.67. The molecular formula is C18H25NO4. The summed E-state index contributed by atoms with van der Waals surface area (Å²) in [6, 6.07) is 7.92. The van der Waals surface area contributed by atoms with Gasteiger partial charge < -0.3 is 15.2 Å². The Kier molecular flexibility index (Phi) is 6.16. The largest absolute Gasteiger partial charge is 0.481 e. The average Bonchev–Trinajstić information content (AvgIpc) is 2.54. The molecule has 1 fully saturated rings. The van der Waals surface area contributed by atoms with Crippen molar-refractivity contribution in [1.29, 1.82) is 0 Å². The van der Waals surface area contributed by atoms with Crippen molar-refractivity contribution in [2.45, 2.75) is 51.6 Å². The molecule has 0 bridgehead atoms. The summed E-state index contributed by atoms with van der Waals surface area (Å²) in [6.45, 7) is 4.06. The maximum absolute atomic E-state index is 12.2. The van der Waals surface area contributed by atoms with Crippen LogP contribution in [-0.2, 0) is 14.3 Å². The standard InChI is InChI=1S/C18H25NO4/c1-12-4-3-5-15(10-12)13(2)17(20)19-11-23-16-8-6-14(7-9-16)18(21)22/h3-5,10,13-14,16H,6-9,11H2,1-2H3,(H,19,20)(H,21,22). The first-order valence-corrected chi connectivity index (χ1v) is 8.16. The van der Waals surface area contributed by atoms with Gasteiger partial charge in [0.2, 0.25) is 5.91 Å². The Bertz CT molecular complexity index is 550. The summed E-state index contributed by atoms with van der Waals surface area (Å²) in [7, 11) is 0. The number of amides is 1. The number of aryl methyl sites for hydroxylation is 1. The number of nitrogens with one attached hydrogen (secondary N) is 1. The Hall–Kier alpha value is -1.88. The van der Waals surface area contributed by atoms with Crippen LogP contribution in [0.2, 0.25) is 0 Å². The van der Waals surface area contributed by atoms with E-state index in [1.807, 2.05) is 38.1 Å². The number of carboxylic acid groups (broad SMARTS) is 1. The van der Waals surface area contributed by atoms with E-state index in [9.17, 15) is 9.59 Å². The van der Waals surface area contributed by atoms with E-state index in [4.69, 9.17) is 9.84 Å². The van der Waals surface area contributed by atoms with E-state index in [2.05, 4.69) is 5.32 Å². The number of aliphatic carboxylic acids is 1. The lowest BCUT2D eigenvalue weighted by molar-refractivity contribution is -0.143. The molecule has 1 amide bonds. The van der Waals surface area contributed by atoms with Crippen LogP contribution in [0, 0.1) is 12.8 Å². The van der Waals surface area contributed by atoms with Crippen molar-refractivity contribution in [3.63, 3.8) is 0 Å². The molecule has 0 spiro atoms. The highest BCUT2D eigenvalue weighted by Crippen LogP contribution is 2.26. The smallest absolute Gasteiger partial charge is 0.306 e. The molecule has 1 saturated carbocycles. The number of carbonyl (C=O) groups excluding carboxylic acids is 1. The molecule has 0 saturated heterocycles. The summed E-state index contributed by atoms with van der Waals surface area (Å²) in [4.78, 5) is 23.1. The van der Waals surface area contributed by atoms with E-state index in [1.54, 1.807) is 0 Å². The van der Waals surface area contributed by atoms with Crippen molar-refractivity contribution >= 4 is 11.9 Å². The third kappa shape index (κ3) is 5.06. The van der Waals surface area contributed by atoms with E-state index < -0.39 is 5.97 Å². The fourth-order valence-electron chi connectivity index (χ4n) is 2.95. The van der Waals surface area contributed by atoms with Gasteiger partial charge in [-0.1, -0.05) is 29.8 Å². The van der Waals surface area contributed by atoms with Crippen LogP contribution >= 0.6 is 0 Å². The summed E-state index contributed by atoms with van der Waals surface area (Å²) in [5.41, 5.74) is 2.12. The van der Waals surface area contributed by atoms with Crippen LogP contribution in [-0.4, -0.2) is 29.8 Å². The maximum Gasteiger partial charge on any atom is 0.306 e. The number of hydrogen-bond acceptors (Lipinski definition) is 3. The van der Waals surface area contributed by atoms with Gasteiger partial charge in [-0.25, -0.2) is 0 Å². The van der Waals surface area contributed by atoms with Crippen LogP contribution in [0.4, 0.5) is 0 Å². The second-order valence-corrected chi connectivity index (χ2v) is 6.30. The van der Waals surface area contributed by atoms with Crippen LogP contribution in [0.25, 0.3) is 0 Å². The third-order valence-corrected chi connectivity index (χ3v) is 4.52. The summed E-state index contributed by atoms with van der Waals surface area (Å²) in [5, 5.41) is 11.8. The number of carboxylic acids is 1. The molecule has 2 N–H and O–H groups in total. The van der Waals surface area contributed by atoms with Gasteiger partial charge in [-0.3, -0.25) is 9.59 Å². The average molecular weight is 319 g/mol. The van der Waals surface area contributed by atoms with Gasteiger partial charge >= 0.3 is 5.97 Å². The Balaban J connectivity index is 1.72. The van der Waals surface area contributed by atoms with E-state index in [-0.39, 0.29) is 30.6 Å². The van der Waals surface area contributed by atoms with Gasteiger partial charge in [-0.05, 0) is 45.1 Å². The molecule has 23 heavy (non-hydrogen) atoms. The fraction of sp³-hybridized carbons (Fsp3) is 0.556. The zero-order chi connectivity index (χ0) is 16.8. The minimum atomic E-state index is -0.719. The Labute approximate surface area is 137 Å². The van der Waals surface area contributed by atoms with Crippen molar-refractivity contribution in [2.75, 3.05) is 6.73 Å².